The van der Waals surface area contributed by atoms with Crippen LogP contribution in [0.3, 0.4) is 0 Å². The summed E-state index contributed by atoms with van der Waals surface area (Å²) < 4.78 is 60.1. The molecule has 1 aromatic heterocycles. The molecule has 0 unspecified atom stereocenters. The Morgan fingerprint density at radius 1 is 1.14 bits per heavy atom. The Kier molecular flexibility index (Phi) is 7.59. The Bertz CT molecular complexity index is 1570. The van der Waals surface area contributed by atoms with Gasteiger partial charge in [0.2, 0.25) is 0 Å². The molecule has 4 rings (SSSR count). The van der Waals surface area contributed by atoms with Crippen LogP contribution in [0.1, 0.15) is 17.3 Å². The van der Waals surface area contributed by atoms with Gasteiger partial charge in [0, 0.05) is 9.92 Å². The highest BCUT2D eigenvalue weighted by atomic mass is 79.9. The van der Waals surface area contributed by atoms with Crippen molar-refractivity contribution in [2.24, 2.45) is 4.99 Å². The summed E-state index contributed by atoms with van der Waals surface area (Å²) in [7, 11) is -9.37. The van der Waals surface area contributed by atoms with Crippen LogP contribution < -0.4 is 0 Å². The Labute approximate surface area is 228 Å². The van der Waals surface area contributed by atoms with Crippen LogP contribution in [0, 0.1) is 0 Å². The largest absolute Gasteiger partial charge is 0.462 e. The molecule has 0 saturated heterocycles. The third kappa shape index (κ3) is 5.13. The molecule has 2 heterocycles. The third-order valence-electron chi connectivity index (χ3n) is 4.45. The molecule has 0 saturated carbocycles. The highest BCUT2D eigenvalue weighted by Gasteiger charge is 2.46. The number of rotatable bonds is 5. The van der Waals surface area contributed by atoms with Crippen LogP contribution in [0.4, 0.5) is 5.69 Å². The molecular weight excluding hydrogens is 643 g/mol. The van der Waals surface area contributed by atoms with Gasteiger partial charge >= 0.3 is 5.97 Å². The monoisotopic (exact) mass is 654 g/mol. The van der Waals surface area contributed by atoms with E-state index in [1.807, 2.05) is 0 Å². The van der Waals surface area contributed by atoms with Gasteiger partial charge in [0.25, 0.3) is 20.0 Å². The molecule has 3 aromatic rings. The van der Waals surface area contributed by atoms with Crippen molar-refractivity contribution >= 4 is 99.1 Å². The standard InChI is InChI=1S/C20H13BrCl2N2O6S4/c1-2-31-19(26)13-9-16-15(10-14(13)23)32-20(24-12-5-3-11(22)4-6-12)25(34(16,27)28)35(29,30)18-8-7-17(21)33-18/h3-10H,2H2,1H3. The van der Waals surface area contributed by atoms with Crippen molar-refractivity contribution in [2.75, 3.05) is 6.61 Å². The minimum atomic E-state index is -4.75. The number of carbonyl (C=O) groups excluding carboxylic acids is 1. The van der Waals surface area contributed by atoms with E-state index in [4.69, 9.17) is 27.9 Å². The van der Waals surface area contributed by atoms with Gasteiger partial charge in [-0.25, -0.2) is 9.79 Å². The predicted molar refractivity (Wildman–Crippen MR) is 140 cm³/mol. The van der Waals surface area contributed by atoms with Gasteiger partial charge in [-0.1, -0.05) is 23.2 Å². The minimum Gasteiger partial charge on any atom is -0.462 e. The number of aliphatic imine (C=N–C) groups is 1. The molecule has 0 bridgehead atoms. The molecule has 0 N–H and O–H groups in total. The molecule has 35 heavy (non-hydrogen) atoms. The summed E-state index contributed by atoms with van der Waals surface area (Å²) in [5, 5.41) is 0.0351. The summed E-state index contributed by atoms with van der Waals surface area (Å²) in [5.41, 5.74) is 0.0723. The lowest BCUT2D eigenvalue weighted by molar-refractivity contribution is 0.0526. The van der Waals surface area contributed by atoms with Gasteiger partial charge in [0.1, 0.15) is 9.10 Å². The molecule has 0 spiro atoms. The SMILES string of the molecule is CCOC(=O)c1cc2c(cc1Cl)SC(=Nc1ccc(Cl)cc1)N(S(=O)(=O)c1ccc(Br)s1)S2(=O)=O. The number of ether oxygens (including phenoxy) is 1. The Morgan fingerprint density at radius 2 is 1.83 bits per heavy atom. The van der Waals surface area contributed by atoms with Crippen LogP contribution in [-0.4, -0.2) is 38.3 Å². The first-order valence-electron chi connectivity index (χ1n) is 9.54. The number of hydrogen-bond donors (Lipinski definition) is 0. The highest BCUT2D eigenvalue weighted by molar-refractivity contribution is 9.11. The Balaban J connectivity index is 1.97. The zero-order valence-corrected chi connectivity index (χ0v) is 23.8. The summed E-state index contributed by atoms with van der Waals surface area (Å²) in [4.78, 5) is 16.3. The van der Waals surface area contributed by atoms with E-state index in [9.17, 15) is 21.6 Å². The number of amidine groups is 1. The van der Waals surface area contributed by atoms with Crippen LogP contribution in [-0.2, 0) is 24.8 Å². The highest BCUT2D eigenvalue weighted by Crippen LogP contribution is 2.44. The number of fused-ring (bicyclic) bond motifs is 1. The lowest BCUT2D eigenvalue weighted by Gasteiger charge is -2.29. The molecule has 1 aliphatic heterocycles. The number of hydrogen-bond acceptors (Lipinski definition) is 9. The van der Waals surface area contributed by atoms with E-state index in [-0.39, 0.29) is 40.9 Å². The second-order valence-corrected chi connectivity index (χ2v) is 15.1. The molecule has 0 aliphatic carbocycles. The normalized spacial score (nSPS) is 16.2. The molecule has 0 fully saturated rings. The number of benzene rings is 2. The van der Waals surface area contributed by atoms with E-state index in [1.54, 1.807) is 6.92 Å². The fourth-order valence-corrected chi connectivity index (χ4v) is 11.1. The lowest BCUT2D eigenvalue weighted by atomic mass is 10.2. The van der Waals surface area contributed by atoms with Gasteiger partial charge in [-0.05, 0) is 83.1 Å². The summed E-state index contributed by atoms with van der Waals surface area (Å²) in [6, 6.07) is 11.2. The van der Waals surface area contributed by atoms with Gasteiger partial charge < -0.3 is 4.74 Å². The number of thioether (sulfide) groups is 1. The van der Waals surface area contributed by atoms with Crippen LogP contribution in [0.5, 0.6) is 0 Å². The van der Waals surface area contributed by atoms with Gasteiger partial charge in [0.15, 0.2) is 5.17 Å². The minimum absolute atomic E-state index is 0.0411. The number of nitrogens with zero attached hydrogens (tertiary/aromatic N) is 2. The average molecular weight is 656 g/mol. The third-order valence-corrected chi connectivity index (χ3v) is 12.6. The van der Waals surface area contributed by atoms with Gasteiger partial charge in [-0.3, -0.25) is 0 Å². The molecule has 8 nitrogen and oxygen atoms in total. The number of halogens is 3. The molecule has 0 radical (unpaired) electrons. The molecule has 0 amide bonds. The van der Waals surface area contributed by atoms with Crippen molar-refractivity contribution in [1.82, 2.24) is 3.71 Å². The first kappa shape index (κ1) is 26.5. The first-order valence-corrected chi connectivity index (χ1v) is 15.6. The molecular formula is C20H13BrCl2N2O6S4. The molecule has 1 aliphatic rings. The van der Waals surface area contributed by atoms with E-state index >= 15 is 0 Å². The smallest absolute Gasteiger partial charge is 0.339 e. The topological polar surface area (TPSA) is 110 Å². The summed E-state index contributed by atoms with van der Waals surface area (Å²) in [6.07, 6.45) is 0. The van der Waals surface area contributed by atoms with Crippen molar-refractivity contribution in [1.29, 1.82) is 0 Å². The maximum absolute atomic E-state index is 13.8. The predicted octanol–water partition coefficient (Wildman–Crippen LogP) is 6.17. The molecule has 2 aromatic carbocycles. The van der Waals surface area contributed by atoms with E-state index < -0.39 is 30.9 Å². The second kappa shape index (κ2) is 10.0. The van der Waals surface area contributed by atoms with Crippen molar-refractivity contribution in [2.45, 2.75) is 20.9 Å². The van der Waals surface area contributed by atoms with Gasteiger partial charge in [-0.2, -0.15) is 16.8 Å². The van der Waals surface area contributed by atoms with Crippen molar-refractivity contribution in [3.8, 4) is 0 Å². The van der Waals surface area contributed by atoms with Gasteiger partial charge in [0.05, 0.1) is 26.7 Å². The molecule has 184 valence electrons. The van der Waals surface area contributed by atoms with Crippen LogP contribution in [0.2, 0.25) is 10.0 Å². The summed E-state index contributed by atoms with van der Waals surface area (Å²) in [6.45, 7) is 1.63. The quantitative estimate of drug-likeness (QED) is 0.303. The summed E-state index contributed by atoms with van der Waals surface area (Å²) >= 11 is 17.0. The van der Waals surface area contributed by atoms with E-state index in [1.165, 1.54) is 42.5 Å². The van der Waals surface area contributed by atoms with E-state index in [0.29, 0.717) is 8.81 Å². The van der Waals surface area contributed by atoms with Crippen LogP contribution in [0.25, 0.3) is 0 Å². The Hall–Kier alpha value is -1.61. The number of sulfonamides is 2. The van der Waals surface area contributed by atoms with Crippen molar-refractivity contribution in [3.05, 3.63) is 67.9 Å². The lowest BCUT2D eigenvalue weighted by Crippen LogP contribution is -2.42. The van der Waals surface area contributed by atoms with Crippen LogP contribution in [0.15, 0.2) is 71.3 Å². The zero-order valence-electron chi connectivity index (χ0n) is 17.4. The maximum atomic E-state index is 13.8. The fourth-order valence-electron chi connectivity index (χ4n) is 2.95. The maximum Gasteiger partial charge on any atom is 0.339 e. The second-order valence-electron chi connectivity index (χ2n) is 6.74. The van der Waals surface area contributed by atoms with Crippen molar-refractivity contribution < 1.29 is 26.4 Å². The van der Waals surface area contributed by atoms with Crippen LogP contribution >= 0.6 is 62.2 Å². The van der Waals surface area contributed by atoms with E-state index in [0.717, 1.165) is 29.2 Å². The fraction of sp³-hybridized carbons (Fsp3) is 0.100. The summed E-state index contributed by atoms with van der Waals surface area (Å²) in [5.74, 6) is -0.835. The van der Waals surface area contributed by atoms with Gasteiger partial charge in [-0.15, -0.1) is 15.0 Å². The number of esters is 1. The average Bonchev–Trinajstić information content (AvgIpc) is 3.22. The first-order chi connectivity index (χ1) is 16.4. The molecule has 15 heteroatoms. The number of thiophene rings is 1. The Morgan fingerprint density at radius 3 is 2.43 bits per heavy atom. The van der Waals surface area contributed by atoms with Crippen molar-refractivity contribution in [3.63, 3.8) is 0 Å². The zero-order chi connectivity index (χ0) is 25.5. The number of carbonyl (C=O) groups is 1. The molecule has 0 atom stereocenters. The van der Waals surface area contributed by atoms with E-state index in [2.05, 4.69) is 20.9 Å².